The number of hydrogen-bond donors (Lipinski definition) is 7. The molecule has 170 valence electrons. The zero-order valence-corrected chi connectivity index (χ0v) is 18.3. The fraction of sp³-hybridized carbons (Fsp3) is 0.600. The number of nitrogens with one attached hydrogen (secondary N) is 2. The summed E-state index contributed by atoms with van der Waals surface area (Å²) >= 11 is 0. The third-order valence-corrected chi connectivity index (χ3v) is 4.76. The molecule has 30 heavy (non-hydrogen) atoms. The normalized spacial score (nSPS) is 19.2. The summed E-state index contributed by atoms with van der Waals surface area (Å²) in [7, 11) is 2.05. The molecule has 1 aliphatic rings. The van der Waals surface area contributed by atoms with Gasteiger partial charge in [-0.05, 0) is 38.8 Å². The molecule has 1 unspecified atom stereocenters. The second kappa shape index (κ2) is 13.1. The van der Waals surface area contributed by atoms with Crippen molar-refractivity contribution in [2.24, 2.45) is 22.2 Å². The summed E-state index contributed by atoms with van der Waals surface area (Å²) in [6.07, 6.45) is 7.07. The first kappa shape index (κ1) is 25.8. The summed E-state index contributed by atoms with van der Waals surface area (Å²) in [6, 6.07) is 1.72. The molecule has 0 aliphatic carbocycles. The maximum atomic E-state index is 11.1. The lowest BCUT2D eigenvalue weighted by molar-refractivity contribution is 0.0184. The molecule has 0 aromatic carbocycles. The highest BCUT2D eigenvalue weighted by Gasteiger charge is 2.37. The van der Waals surface area contributed by atoms with Gasteiger partial charge in [-0.2, -0.15) is 5.10 Å². The number of piperidine rings is 1. The molecule has 10 heteroatoms. The number of likely N-dealkylation sites (tertiary alicyclic amines) is 1. The molecule has 0 radical (unpaired) electrons. The molecule has 0 bridgehead atoms. The summed E-state index contributed by atoms with van der Waals surface area (Å²) in [6.45, 7) is 6.24. The van der Waals surface area contributed by atoms with E-state index in [1.54, 1.807) is 12.3 Å². The van der Waals surface area contributed by atoms with E-state index in [4.69, 9.17) is 22.3 Å². The van der Waals surface area contributed by atoms with Crippen LogP contribution in [0.4, 0.5) is 5.82 Å². The minimum Gasteiger partial charge on any atom is -0.404 e. The fourth-order valence-electron chi connectivity index (χ4n) is 3.12. The van der Waals surface area contributed by atoms with Gasteiger partial charge in [0, 0.05) is 37.5 Å². The van der Waals surface area contributed by atoms with Crippen LogP contribution in [0.25, 0.3) is 0 Å². The summed E-state index contributed by atoms with van der Waals surface area (Å²) in [5.74, 6) is 0.817. The number of allylic oxidation sites excluding steroid dienone is 1. The summed E-state index contributed by atoms with van der Waals surface area (Å²) in [5, 5.41) is 28.7. The maximum absolute atomic E-state index is 11.1. The van der Waals surface area contributed by atoms with Gasteiger partial charge in [-0.1, -0.05) is 13.0 Å². The second-order valence-corrected chi connectivity index (χ2v) is 7.35. The number of aliphatic hydroxyl groups is 2. The van der Waals surface area contributed by atoms with E-state index in [0.29, 0.717) is 30.8 Å². The lowest BCUT2D eigenvalue weighted by atomic mass is 9.79. The number of amidine groups is 1. The first-order valence-electron chi connectivity index (χ1n) is 10.2. The monoisotopic (exact) mass is 422 g/mol. The predicted octanol–water partition coefficient (Wildman–Crippen LogP) is -0.0929. The van der Waals surface area contributed by atoms with E-state index in [0.717, 1.165) is 25.1 Å². The number of rotatable bonds is 8. The van der Waals surface area contributed by atoms with E-state index in [1.807, 2.05) is 19.9 Å². The van der Waals surface area contributed by atoms with E-state index in [9.17, 15) is 5.11 Å². The molecule has 1 aromatic heterocycles. The van der Waals surface area contributed by atoms with Gasteiger partial charge in [0.2, 0.25) is 0 Å². The van der Waals surface area contributed by atoms with E-state index >= 15 is 0 Å². The number of aromatic nitrogens is 2. The molecule has 1 aliphatic heterocycles. The molecule has 1 atom stereocenters. The van der Waals surface area contributed by atoms with Crippen molar-refractivity contribution >= 4 is 11.7 Å². The van der Waals surface area contributed by atoms with Crippen LogP contribution in [-0.4, -0.2) is 76.2 Å². The van der Waals surface area contributed by atoms with Crippen LogP contribution >= 0.6 is 0 Å². The highest BCUT2D eigenvalue weighted by molar-refractivity contribution is 6.02. The molecular formula is C20H38N8O2. The Morgan fingerprint density at radius 2 is 2.13 bits per heavy atom. The van der Waals surface area contributed by atoms with Crippen molar-refractivity contribution < 1.29 is 10.2 Å². The summed E-state index contributed by atoms with van der Waals surface area (Å²) < 4.78 is 0. The molecule has 10 nitrogen and oxygen atoms in total. The van der Waals surface area contributed by atoms with Gasteiger partial charge in [-0.15, -0.1) is 0 Å². The van der Waals surface area contributed by atoms with Crippen LogP contribution in [-0.2, 0) is 0 Å². The van der Waals surface area contributed by atoms with Crippen molar-refractivity contribution in [3.63, 3.8) is 0 Å². The van der Waals surface area contributed by atoms with E-state index < -0.39 is 5.60 Å². The van der Waals surface area contributed by atoms with Crippen molar-refractivity contribution in [2.75, 3.05) is 33.3 Å². The summed E-state index contributed by atoms with van der Waals surface area (Å²) in [4.78, 5) is 6.50. The second-order valence-electron chi connectivity index (χ2n) is 7.35. The smallest absolute Gasteiger partial charge is 0.150 e. The lowest BCUT2D eigenvalue weighted by Gasteiger charge is -2.39. The van der Waals surface area contributed by atoms with Crippen molar-refractivity contribution in [3.05, 3.63) is 35.7 Å². The van der Waals surface area contributed by atoms with Crippen LogP contribution in [0.1, 0.15) is 33.1 Å². The number of aromatic amines is 1. The van der Waals surface area contributed by atoms with Crippen LogP contribution in [0.15, 0.2) is 40.7 Å². The van der Waals surface area contributed by atoms with E-state index in [1.165, 1.54) is 6.20 Å². The molecule has 0 saturated carbocycles. The number of nitrogens with two attached hydrogens (primary N) is 3. The summed E-state index contributed by atoms with van der Waals surface area (Å²) in [5.41, 5.74) is 17.6. The van der Waals surface area contributed by atoms with Crippen molar-refractivity contribution in [2.45, 2.75) is 44.9 Å². The molecular weight excluding hydrogens is 384 g/mol. The van der Waals surface area contributed by atoms with Gasteiger partial charge < -0.3 is 37.6 Å². The Bertz CT molecular complexity index is 690. The average Bonchev–Trinajstić information content (AvgIpc) is 3.22. The number of H-pyrrole nitrogens is 1. The van der Waals surface area contributed by atoms with Crippen molar-refractivity contribution in [1.82, 2.24) is 20.4 Å². The van der Waals surface area contributed by atoms with E-state index in [-0.39, 0.29) is 18.6 Å². The quantitative estimate of drug-likeness (QED) is 0.132. The lowest BCUT2D eigenvalue weighted by Crippen LogP contribution is -2.45. The van der Waals surface area contributed by atoms with Crippen LogP contribution in [0.3, 0.4) is 0 Å². The Balaban J connectivity index is 0.000000553. The van der Waals surface area contributed by atoms with Crippen LogP contribution in [0, 0.1) is 0 Å². The maximum Gasteiger partial charge on any atom is 0.150 e. The molecule has 1 aromatic rings. The number of aliphatic hydroxyl groups excluding tert-OH is 1. The number of nitrogens with zero attached hydrogens (tertiary/aromatic N) is 3. The largest absolute Gasteiger partial charge is 0.404 e. The zero-order chi connectivity index (χ0) is 22.6. The Morgan fingerprint density at radius 3 is 2.57 bits per heavy atom. The van der Waals surface area contributed by atoms with Crippen molar-refractivity contribution in [1.29, 1.82) is 0 Å². The Labute approximate surface area is 178 Å². The molecule has 0 amide bonds. The topological polar surface area (TPSA) is 175 Å². The highest BCUT2D eigenvalue weighted by Crippen LogP contribution is 2.34. The molecule has 10 N–H and O–H groups in total. The minimum atomic E-state index is -0.929. The van der Waals surface area contributed by atoms with Gasteiger partial charge in [0.25, 0.3) is 0 Å². The predicted molar refractivity (Wildman–Crippen MR) is 121 cm³/mol. The SMILES string of the molecule is CC(N)NCCO.CC\C=C(C(=C/N)/C(N)=N/c1ccn[nH]1)\C1(O)CCN(C)CC1. The Morgan fingerprint density at radius 1 is 1.47 bits per heavy atom. The minimum absolute atomic E-state index is 0.00727. The molecule has 0 spiro atoms. The molecule has 2 heterocycles. The first-order valence-corrected chi connectivity index (χ1v) is 10.2. The number of hydrogen-bond acceptors (Lipinski definition) is 8. The number of aliphatic imine (C=N–C) groups is 1. The first-order chi connectivity index (χ1) is 14.3. The molecule has 1 fully saturated rings. The van der Waals surface area contributed by atoms with Gasteiger partial charge in [0.05, 0.1) is 24.6 Å². The van der Waals surface area contributed by atoms with Crippen LogP contribution in [0.5, 0.6) is 0 Å². The molecule has 1 saturated heterocycles. The van der Waals surface area contributed by atoms with Crippen molar-refractivity contribution in [3.8, 4) is 0 Å². The van der Waals surface area contributed by atoms with Gasteiger partial charge in [0.15, 0.2) is 0 Å². The zero-order valence-electron chi connectivity index (χ0n) is 18.3. The Hall–Kier alpha value is -2.24. The third-order valence-electron chi connectivity index (χ3n) is 4.76. The van der Waals surface area contributed by atoms with Gasteiger partial charge >= 0.3 is 0 Å². The van der Waals surface area contributed by atoms with Gasteiger partial charge in [-0.25, -0.2) is 4.99 Å². The van der Waals surface area contributed by atoms with Crippen LogP contribution < -0.4 is 22.5 Å². The fourth-order valence-corrected chi connectivity index (χ4v) is 3.12. The van der Waals surface area contributed by atoms with Crippen LogP contribution in [0.2, 0.25) is 0 Å². The highest BCUT2D eigenvalue weighted by atomic mass is 16.3. The molecule has 2 rings (SSSR count). The average molecular weight is 423 g/mol. The van der Waals surface area contributed by atoms with Gasteiger partial charge in [0.1, 0.15) is 11.7 Å². The third kappa shape index (κ3) is 8.25. The van der Waals surface area contributed by atoms with Gasteiger partial charge in [-0.3, -0.25) is 5.10 Å². The standard InChI is InChI=1S/C16H26N6O.C4H12N2O/c1-3-4-13(16(23)6-9-22(2)10-7-16)12(11-17)15(18)20-14-5-8-19-21-14;1-4(5)6-2-3-7/h4-5,8,11,23H,3,6-7,9-10,17H2,1-2H3,(H3,18,19,20,21);4,6-7H,2-3,5H2,1H3/b12-11-,13-4+;. The van der Waals surface area contributed by atoms with E-state index in [2.05, 4.69) is 32.5 Å². The Kier molecular flexibility index (Phi) is 11.3.